The molecule has 0 bridgehead atoms. The summed E-state index contributed by atoms with van der Waals surface area (Å²) in [5, 5.41) is 29.3. The summed E-state index contributed by atoms with van der Waals surface area (Å²) in [5.41, 5.74) is -0.844. The fraction of sp³-hybridized carbons (Fsp3) is 0.889. The van der Waals surface area contributed by atoms with E-state index < -0.39 is 17.4 Å². The second-order valence-electron chi connectivity index (χ2n) is 3.92. The van der Waals surface area contributed by atoms with E-state index in [0.717, 1.165) is 0 Å². The van der Waals surface area contributed by atoms with Crippen LogP contribution in [-0.4, -0.2) is 76.6 Å². The van der Waals surface area contributed by atoms with E-state index in [1.807, 2.05) is 0 Å². The zero-order chi connectivity index (χ0) is 11.2. The van der Waals surface area contributed by atoms with Crippen molar-refractivity contribution in [2.24, 2.45) is 5.41 Å². The first-order valence-electron chi connectivity index (χ1n) is 4.63. The van der Waals surface area contributed by atoms with Crippen LogP contribution in [0.3, 0.4) is 0 Å². The van der Waals surface area contributed by atoms with Crippen molar-refractivity contribution in [3.63, 3.8) is 0 Å². The smallest absolute Gasteiger partial charge is 0.249 e. The Hall–Kier alpha value is 0.350. The number of amides is 1. The Balaban J connectivity index is 0. The van der Waals surface area contributed by atoms with Crippen LogP contribution < -0.4 is 5.32 Å². The summed E-state index contributed by atoms with van der Waals surface area (Å²) in [4.78, 5) is 11.3. The fourth-order valence-electron chi connectivity index (χ4n) is 0.829. The summed E-state index contributed by atoms with van der Waals surface area (Å²) >= 11 is 0. The van der Waals surface area contributed by atoms with Crippen molar-refractivity contribution in [1.82, 2.24) is 5.32 Å². The Morgan fingerprint density at radius 2 is 1.93 bits per heavy atom. The van der Waals surface area contributed by atoms with Crippen LogP contribution in [0.2, 0.25) is 0 Å². The molecule has 1 amide bonds. The van der Waals surface area contributed by atoms with Gasteiger partial charge in [0.1, 0.15) is 6.10 Å². The maximum absolute atomic E-state index is 11.3. The molecule has 0 saturated carbocycles. The summed E-state index contributed by atoms with van der Waals surface area (Å²) in [7, 11) is 0. The second kappa shape index (κ2) is 8.50. The van der Waals surface area contributed by atoms with Gasteiger partial charge in [-0.3, -0.25) is 4.79 Å². The normalized spacial score (nSPS) is 12.9. The number of hydrogen-bond acceptors (Lipinski definition) is 4. The zero-order valence-electron chi connectivity index (χ0n) is 9.66. The minimum Gasteiger partial charge on any atom is -0.396 e. The monoisotopic (exact) mass is 228 g/mol. The molecule has 0 heterocycles. The van der Waals surface area contributed by atoms with Crippen LogP contribution >= 0.6 is 0 Å². The minimum absolute atomic E-state index is 0. The van der Waals surface area contributed by atoms with Crippen LogP contribution in [0.25, 0.3) is 0 Å². The molecule has 1 atom stereocenters. The van der Waals surface area contributed by atoms with E-state index in [2.05, 4.69) is 5.32 Å². The Kier molecular flexibility index (Phi) is 10.0. The largest absolute Gasteiger partial charge is 0.396 e. The SMILES string of the molecule is CC(C)(CO)C(O)C(=O)NCCCO.[Na]. The molecule has 0 saturated heterocycles. The van der Waals surface area contributed by atoms with Gasteiger partial charge in [-0.2, -0.15) is 0 Å². The van der Waals surface area contributed by atoms with E-state index in [1.54, 1.807) is 13.8 Å². The van der Waals surface area contributed by atoms with Gasteiger partial charge in [0.15, 0.2) is 0 Å². The standard InChI is InChI=1S/C9H19NO4.Na/c1-9(2,6-12)7(13)8(14)10-4-3-5-11;/h7,11-13H,3-6H2,1-2H3,(H,10,14);. The molecule has 15 heavy (non-hydrogen) atoms. The van der Waals surface area contributed by atoms with Crippen LogP contribution in [0, 0.1) is 5.41 Å². The molecular weight excluding hydrogens is 209 g/mol. The molecule has 4 N–H and O–H groups in total. The molecule has 0 aromatic rings. The maximum atomic E-state index is 11.3. The molecular formula is C9H19NNaO4. The molecule has 0 aliphatic rings. The van der Waals surface area contributed by atoms with Crippen molar-refractivity contribution in [3.8, 4) is 0 Å². The van der Waals surface area contributed by atoms with Crippen molar-refractivity contribution < 1.29 is 20.1 Å². The van der Waals surface area contributed by atoms with Gasteiger partial charge in [-0.15, -0.1) is 0 Å². The number of nitrogens with one attached hydrogen (secondary N) is 1. The van der Waals surface area contributed by atoms with Gasteiger partial charge in [-0.25, -0.2) is 0 Å². The molecule has 0 aliphatic carbocycles. The second-order valence-corrected chi connectivity index (χ2v) is 3.92. The quantitative estimate of drug-likeness (QED) is 0.328. The molecule has 0 spiro atoms. The molecule has 0 fully saturated rings. The van der Waals surface area contributed by atoms with Crippen molar-refractivity contribution in [3.05, 3.63) is 0 Å². The number of carbonyl (C=O) groups is 1. The summed E-state index contributed by atoms with van der Waals surface area (Å²) in [6, 6.07) is 0. The van der Waals surface area contributed by atoms with E-state index in [0.29, 0.717) is 13.0 Å². The number of aliphatic hydroxyl groups excluding tert-OH is 3. The van der Waals surface area contributed by atoms with Crippen LogP contribution in [0.1, 0.15) is 20.3 Å². The van der Waals surface area contributed by atoms with Crippen molar-refractivity contribution >= 4 is 35.5 Å². The Labute approximate surface area is 112 Å². The van der Waals surface area contributed by atoms with E-state index >= 15 is 0 Å². The average molecular weight is 228 g/mol. The fourth-order valence-corrected chi connectivity index (χ4v) is 0.829. The van der Waals surface area contributed by atoms with E-state index in [1.165, 1.54) is 0 Å². The van der Waals surface area contributed by atoms with Gasteiger partial charge >= 0.3 is 0 Å². The molecule has 0 aliphatic heterocycles. The van der Waals surface area contributed by atoms with Crippen LogP contribution in [0.15, 0.2) is 0 Å². The van der Waals surface area contributed by atoms with Gasteiger partial charge in [0.25, 0.3) is 0 Å². The molecule has 1 unspecified atom stereocenters. The van der Waals surface area contributed by atoms with Crippen LogP contribution in [0.5, 0.6) is 0 Å². The molecule has 85 valence electrons. The Morgan fingerprint density at radius 1 is 1.40 bits per heavy atom. The zero-order valence-corrected chi connectivity index (χ0v) is 11.7. The van der Waals surface area contributed by atoms with Gasteiger partial charge in [0.2, 0.25) is 5.91 Å². The van der Waals surface area contributed by atoms with Crippen molar-refractivity contribution in [1.29, 1.82) is 0 Å². The van der Waals surface area contributed by atoms with Gasteiger partial charge in [0.05, 0.1) is 6.61 Å². The Morgan fingerprint density at radius 3 is 2.33 bits per heavy atom. The van der Waals surface area contributed by atoms with Crippen LogP contribution in [-0.2, 0) is 4.79 Å². The van der Waals surface area contributed by atoms with Crippen molar-refractivity contribution in [2.75, 3.05) is 19.8 Å². The average Bonchev–Trinajstić information content (AvgIpc) is 2.17. The molecule has 6 heteroatoms. The molecule has 1 radical (unpaired) electrons. The summed E-state index contributed by atoms with van der Waals surface area (Å²) in [6.45, 7) is 3.27. The van der Waals surface area contributed by atoms with Gasteiger partial charge in [-0.05, 0) is 6.42 Å². The molecule has 0 aromatic heterocycles. The maximum Gasteiger partial charge on any atom is 0.249 e. The summed E-state index contributed by atoms with van der Waals surface area (Å²) in [5.74, 6) is -0.516. The first kappa shape index (κ1) is 17.7. The van der Waals surface area contributed by atoms with Gasteiger partial charge in [0, 0.05) is 48.1 Å². The minimum atomic E-state index is -1.23. The number of hydrogen-bond donors (Lipinski definition) is 4. The number of rotatable bonds is 6. The number of carbonyl (C=O) groups excluding carboxylic acids is 1. The van der Waals surface area contributed by atoms with Gasteiger partial charge < -0.3 is 20.6 Å². The topological polar surface area (TPSA) is 89.8 Å². The Bertz CT molecular complexity index is 187. The predicted octanol–water partition coefficient (Wildman–Crippen LogP) is -1.52. The molecule has 0 aromatic carbocycles. The van der Waals surface area contributed by atoms with E-state index in [4.69, 9.17) is 10.2 Å². The third kappa shape index (κ3) is 6.50. The summed E-state index contributed by atoms with van der Waals surface area (Å²) < 4.78 is 0. The van der Waals surface area contributed by atoms with Crippen molar-refractivity contribution in [2.45, 2.75) is 26.4 Å². The summed E-state index contributed by atoms with van der Waals surface area (Å²) in [6.07, 6.45) is -0.774. The molecule has 5 nitrogen and oxygen atoms in total. The first-order valence-corrected chi connectivity index (χ1v) is 4.63. The predicted molar refractivity (Wildman–Crippen MR) is 57.3 cm³/mol. The molecule has 0 rings (SSSR count). The first-order chi connectivity index (χ1) is 6.45. The number of aliphatic hydroxyl groups is 3. The third-order valence-corrected chi connectivity index (χ3v) is 2.03. The van der Waals surface area contributed by atoms with E-state index in [-0.39, 0.29) is 42.8 Å². The van der Waals surface area contributed by atoms with Gasteiger partial charge in [-0.1, -0.05) is 13.8 Å². The third-order valence-electron chi connectivity index (χ3n) is 2.03. The van der Waals surface area contributed by atoms with Crippen LogP contribution in [0.4, 0.5) is 0 Å². The van der Waals surface area contributed by atoms with E-state index in [9.17, 15) is 9.90 Å².